The van der Waals surface area contributed by atoms with Gasteiger partial charge in [0, 0.05) is 0 Å². The fourth-order valence-electron chi connectivity index (χ4n) is 3.32. The molecule has 0 heterocycles. The molecule has 0 bridgehead atoms. The van der Waals surface area contributed by atoms with Crippen LogP contribution in [0.3, 0.4) is 0 Å². The number of hydrogen-bond acceptors (Lipinski definition) is 0. The maximum absolute atomic E-state index is 4.24. The predicted molar refractivity (Wildman–Crippen MR) is 92.0 cm³/mol. The Hall–Kier alpha value is -0.780. The SMILES string of the molecule is C=C(C)C(=C)CC1(C/C=C/CCCCC)CCCCC1. The van der Waals surface area contributed by atoms with Gasteiger partial charge in [0.05, 0.1) is 0 Å². The maximum Gasteiger partial charge on any atom is -0.0222 e. The van der Waals surface area contributed by atoms with Gasteiger partial charge in [-0.3, -0.25) is 0 Å². The molecule has 0 N–H and O–H groups in total. The average Bonchev–Trinajstić information content (AvgIpc) is 2.43. The van der Waals surface area contributed by atoms with Crippen molar-refractivity contribution in [1.29, 1.82) is 0 Å². The second-order valence-electron chi connectivity index (χ2n) is 6.79. The Kier molecular flexibility index (Phi) is 7.95. The first-order chi connectivity index (χ1) is 9.59. The van der Waals surface area contributed by atoms with Crippen LogP contribution >= 0.6 is 0 Å². The lowest BCUT2D eigenvalue weighted by Crippen LogP contribution is -2.24. The van der Waals surface area contributed by atoms with Crippen LogP contribution in [0.2, 0.25) is 0 Å². The zero-order valence-electron chi connectivity index (χ0n) is 13.8. The Labute approximate surface area is 127 Å². The van der Waals surface area contributed by atoms with E-state index >= 15 is 0 Å². The highest BCUT2D eigenvalue weighted by atomic mass is 14.4. The molecule has 0 nitrogen and oxygen atoms in total. The van der Waals surface area contributed by atoms with Gasteiger partial charge in [-0.1, -0.05) is 75.5 Å². The van der Waals surface area contributed by atoms with E-state index in [9.17, 15) is 0 Å². The van der Waals surface area contributed by atoms with Gasteiger partial charge in [-0.15, -0.1) is 0 Å². The van der Waals surface area contributed by atoms with Crippen molar-refractivity contribution >= 4 is 0 Å². The van der Waals surface area contributed by atoms with Crippen molar-refractivity contribution in [3.63, 3.8) is 0 Å². The summed E-state index contributed by atoms with van der Waals surface area (Å²) in [6.45, 7) is 12.7. The molecular formula is C20H34. The molecular weight excluding hydrogens is 240 g/mol. The third-order valence-electron chi connectivity index (χ3n) is 4.80. The van der Waals surface area contributed by atoms with Crippen LogP contribution in [0.4, 0.5) is 0 Å². The number of hydrogen-bond donors (Lipinski definition) is 0. The van der Waals surface area contributed by atoms with Crippen molar-refractivity contribution < 1.29 is 0 Å². The molecule has 1 saturated carbocycles. The monoisotopic (exact) mass is 274 g/mol. The van der Waals surface area contributed by atoms with Crippen LogP contribution in [0.15, 0.2) is 36.5 Å². The van der Waals surface area contributed by atoms with Gasteiger partial charge in [-0.2, -0.15) is 0 Å². The third-order valence-corrected chi connectivity index (χ3v) is 4.80. The molecule has 0 saturated heterocycles. The summed E-state index contributed by atoms with van der Waals surface area (Å²) in [5, 5.41) is 0. The summed E-state index contributed by atoms with van der Waals surface area (Å²) in [6.07, 6.45) is 19.5. The van der Waals surface area contributed by atoms with E-state index in [1.54, 1.807) is 0 Å². The molecule has 0 heteroatoms. The van der Waals surface area contributed by atoms with Crippen LogP contribution in [0.1, 0.15) is 84.5 Å². The molecule has 0 aromatic carbocycles. The second kappa shape index (κ2) is 9.21. The van der Waals surface area contributed by atoms with Crippen LogP contribution in [-0.2, 0) is 0 Å². The van der Waals surface area contributed by atoms with Gasteiger partial charge >= 0.3 is 0 Å². The van der Waals surface area contributed by atoms with Crippen molar-refractivity contribution in [2.75, 3.05) is 0 Å². The summed E-state index contributed by atoms with van der Waals surface area (Å²) in [4.78, 5) is 0. The molecule has 0 unspecified atom stereocenters. The fourth-order valence-corrected chi connectivity index (χ4v) is 3.32. The fraction of sp³-hybridized carbons (Fsp3) is 0.700. The highest BCUT2D eigenvalue weighted by Gasteiger charge is 2.31. The third kappa shape index (κ3) is 6.11. The summed E-state index contributed by atoms with van der Waals surface area (Å²) >= 11 is 0. The molecule has 20 heavy (non-hydrogen) atoms. The van der Waals surface area contributed by atoms with Gasteiger partial charge in [0.15, 0.2) is 0 Å². The van der Waals surface area contributed by atoms with Gasteiger partial charge in [0.2, 0.25) is 0 Å². The van der Waals surface area contributed by atoms with Gasteiger partial charge in [-0.25, -0.2) is 0 Å². The van der Waals surface area contributed by atoms with Gasteiger partial charge in [0.1, 0.15) is 0 Å². The first-order valence-corrected chi connectivity index (χ1v) is 8.58. The first kappa shape index (κ1) is 17.3. The minimum atomic E-state index is 0.482. The van der Waals surface area contributed by atoms with Gasteiger partial charge in [0.25, 0.3) is 0 Å². The molecule has 1 aliphatic rings. The Morgan fingerprint density at radius 3 is 2.35 bits per heavy atom. The predicted octanol–water partition coefficient (Wildman–Crippen LogP) is 6.99. The zero-order chi connectivity index (χ0) is 14.8. The highest BCUT2D eigenvalue weighted by Crippen LogP contribution is 2.45. The largest absolute Gasteiger partial charge is 0.0959 e. The van der Waals surface area contributed by atoms with E-state index in [0.717, 1.165) is 6.42 Å². The quantitative estimate of drug-likeness (QED) is 0.241. The molecule has 1 rings (SSSR count). The first-order valence-electron chi connectivity index (χ1n) is 8.58. The number of rotatable bonds is 9. The standard InChI is InChI=1S/C20H34/c1-5-6-7-8-9-11-14-20(15-12-10-13-16-20)17-19(4)18(2)3/h9,11H,2,4-8,10,12-17H2,1,3H3/b11-9+. The molecule has 114 valence electrons. The van der Waals surface area contributed by atoms with Crippen LogP contribution in [0.5, 0.6) is 0 Å². The summed E-state index contributed by atoms with van der Waals surface area (Å²) in [5.41, 5.74) is 2.92. The Morgan fingerprint density at radius 2 is 1.75 bits per heavy atom. The van der Waals surface area contributed by atoms with Crippen molar-refractivity contribution in [2.45, 2.75) is 84.5 Å². The normalized spacial score (nSPS) is 18.3. The lowest BCUT2D eigenvalue weighted by molar-refractivity contribution is 0.191. The molecule has 1 fully saturated rings. The van der Waals surface area contributed by atoms with Crippen molar-refractivity contribution in [1.82, 2.24) is 0 Å². The zero-order valence-corrected chi connectivity index (χ0v) is 13.8. The number of allylic oxidation sites excluding steroid dienone is 4. The second-order valence-corrected chi connectivity index (χ2v) is 6.79. The van der Waals surface area contributed by atoms with E-state index in [4.69, 9.17) is 0 Å². The van der Waals surface area contributed by atoms with Crippen LogP contribution in [0.25, 0.3) is 0 Å². The number of unbranched alkanes of at least 4 members (excludes halogenated alkanes) is 3. The molecule has 0 spiro atoms. The maximum atomic E-state index is 4.24. The topological polar surface area (TPSA) is 0 Å². The summed E-state index contributed by atoms with van der Waals surface area (Å²) in [7, 11) is 0. The summed E-state index contributed by atoms with van der Waals surface area (Å²) in [6, 6.07) is 0. The van der Waals surface area contributed by atoms with Crippen LogP contribution < -0.4 is 0 Å². The Balaban J connectivity index is 2.50. The minimum absolute atomic E-state index is 0.482. The van der Waals surface area contributed by atoms with Gasteiger partial charge < -0.3 is 0 Å². The van der Waals surface area contributed by atoms with E-state index in [2.05, 4.69) is 39.2 Å². The van der Waals surface area contributed by atoms with Crippen molar-refractivity contribution in [3.8, 4) is 0 Å². The average molecular weight is 274 g/mol. The highest BCUT2D eigenvalue weighted by molar-refractivity contribution is 5.24. The minimum Gasteiger partial charge on any atom is -0.0959 e. The molecule has 0 amide bonds. The smallest absolute Gasteiger partial charge is 0.0222 e. The van der Waals surface area contributed by atoms with Crippen LogP contribution in [0, 0.1) is 5.41 Å². The molecule has 0 radical (unpaired) electrons. The van der Waals surface area contributed by atoms with E-state index in [1.807, 2.05) is 0 Å². The van der Waals surface area contributed by atoms with Crippen molar-refractivity contribution in [3.05, 3.63) is 36.5 Å². The van der Waals surface area contributed by atoms with Gasteiger partial charge in [-0.05, 0) is 50.9 Å². The Morgan fingerprint density at radius 1 is 1.05 bits per heavy atom. The molecule has 0 atom stereocenters. The Bertz CT molecular complexity index is 326. The molecule has 0 aliphatic heterocycles. The summed E-state index contributed by atoms with van der Waals surface area (Å²) < 4.78 is 0. The molecule has 0 aromatic heterocycles. The van der Waals surface area contributed by atoms with Crippen LogP contribution in [-0.4, -0.2) is 0 Å². The van der Waals surface area contributed by atoms with Crippen molar-refractivity contribution in [2.24, 2.45) is 5.41 Å². The lowest BCUT2D eigenvalue weighted by atomic mass is 9.68. The molecule has 0 aromatic rings. The molecule has 1 aliphatic carbocycles. The lowest BCUT2D eigenvalue weighted by Gasteiger charge is -2.37. The van der Waals surface area contributed by atoms with E-state index in [0.29, 0.717) is 5.41 Å². The summed E-state index contributed by atoms with van der Waals surface area (Å²) in [5.74, 6) is 0. The van der Waals surface area contributed by atoms with E-state index < -0.39 is 0 Å². The van der Waals surface area contributed by atoms with E-state index in [1.165, 1.54) is 75.4 Å². The van der Waals surface area contributed by atoms with E-state index in [-0.39, 0.29) is 0 Å².